The molecule has 0 saturated carbocycles. The van der Waals surface area contributed by atoms with Gasteiger partial charge in [-0.2, -0.15) is 0 Å². The number of ether oxygens (including phenoxy) is 1. The molecule has 0 aliphatic carbocycles. The first kappa shape index (κ1) is 11.9. The van der Waals surface area contributed by atoms with Crippen LogP contribution in [0.4, 0.5) is 5.69 Å². The number of carbonyl (C=O) groups is 2. The summed E-state index contributed by atoms with van der Waals surface area (Å²) in [5.74, 6) is -0.981. The molecule has 0 aliphatic rings. The van der Waals surface area contributed by atoms with Crippen molar-refractivity contribution in [1.82, 2.24) is 0 Å². The SMILES string of the molecule is O=C(COC(=O)c1ccoc1)Nc1ccccc1. The number of esters is 1. The lowest BCUT2D eigenvalue weighted by molar-refractivity contribution is -0.119. The van der Waals surface area contributed by atoms with Gasteiger partial charge in [-0.3, -0.25) is 4.79 Å². The van der Waals surface area contributed by atoms with Crippen LogP contribution in [0.3, 0.4) is 0 Å². The summed E-state index contributed by atoms with van der Waals surface area (Å²) in [4.78, 5) is 22.9. The van der Waals surface area contributed by atoms with Crippen molar-refractivity contribution in [3.63, 3.8) is 0 Å². The zero-order valence-corrected chi connectivity index (χ0v) is 9.46. The van der Waals surface area contributed by atoms with Crippen molar-refractivity contribution in [2.75, 3.05) is 11.9 Å². The van der Waals surface area contributed by atoms with Crippen LogP contribution in [0.2, 0.25) is 0 Å². The fourth-order valence-corrected chi connectivity index (χ4v) is 1.31. The Morgan fingerprint density at radius 3 is 2.61 bits per heavy atom. The average molecular weight is 245 g/mol. The topological polar surface area (TPSA) is 68.5 Å². The molecule has 0 saturated heterocycles. The number of carbonyl (C=O) groups excluding carboxylic acids is 2. The van der Waals surface area contributed by atoms with Crippen molar-refractivity contribution in [3.8, 4) is 0 Å². The first-order valence-electron chi connectivity index (χ1n) is 5.30. The Morgan fingerprint density at radius 2 is 1.94 bits per heavy atom. The summed E-state index contributed by atoms with van der Waals surface area (Å²) < 4.78 is 9.55. The molecule has 2 rings (SSSR count). The molecule has 5 heteroatoms. The molecule has 0 aliphatic heterocycles. The molecule has 0 spiro atoms. The summed E-state index contributed by atoms with van der Waals surface area (Å²) in [5.41, 5.74) is 0.935. The third kappa shape index (κ3) is 3.21. The molecule has 0 unspecified atom stereocenters. The highest BCUT2D eigenvalue weighted by molar-refractivity contribution is 5.95. The van der Waals surface area contributed by atoms with E-state index in [2.05, 4.69) is 5.32 Å². The van der Waals surface area contributed by atoms with E-state index in [4.69, 9.17) is 9.15 Å². The van der Waals surface area contributed by atoms with Crippen LogP contribution in [0.5, 0.6) is 0 Å². The van der Waals surface area contributed by atoms with Crippen LogP contribution < -0.4 is 5.32 Å². The molecule has 1 heterocycles. The Balaban J connectivity index is 1.80. The fraction of sp³-hybridized carbons (Fsp3) is 0.0769. The Labute approximate surface area is 103 Å². The van der Waals surface area contributed by atoms with E-state index in [0.717, 1.165) is 0 Å². The minimum atomic E-state index is -0.591. The fourth-order valence-electron chi connectivity index (χ4n) is 1.31. The third-order valence-corrected chi connectivity index (χ3v) is 2.15. The molecule has 1 aromatic heterocycles. The lowest BCUT2D eigenvalue weighted by Crippen LogP contribution is -2.20. The van der Waals surface area contributed by atoms with E-state index in [-0.39, 0.29) is 12.2 Å². The minimum Gasteiger partial charge on any atom is -0.472 e. The number of hydrogen-bond donors (Lipinski definition) is 1. The maximum atomic E-state index is 11.5. The van der Waals surface area contributed by atoms with Crippen LogP contribution in [-0.4, -0.2) is 18.5 Å². The van der Waals surface area contributed by atoms with Crippen molar-refractivity contribution in [2.45, 2.75) is 0 Å². The van der Waals surface area contributed by atoms with Gasteiger partial charge < -0.3 is 14.5 Å². The van der Waals surface area contributed by atoms with E-state index in [1.165, 1.54) is 18.6 Å². The second-order valence-electron chi connectivity index (χ2n) is 3.50. The van der Waals surface area contributed by atoms with Crippen LogP contribution in [0.1, 0.15) is 10.4 Å². The van der Waals surface area contributed by atoms with Crippen LogP contribution in [0.25, 0.3) is 0 Å². The van der Waals surface area contributed by atoms with E-state index in [1.807, 2.05) is 6.07 Å². The number of nitrogens with one attached hydrogen (secondary N) is 1. The first-order chi connectivity index (χ1) is 8.75. The van der Waals surface area contributed by atoms with Gasteiger partial charge in [0.25, 0.3) is 5.91 Å². The molecule has 1 N–H and O–H groups in total. The van der Waals surface area contributed by atoms with Gasteiger partial charge in [0, 0.05) is 5.69 Å². The molecule has 18 heavy (non-hydrogen) atoms. The van der Waals surface area contributed by atoms with E-state index in [9.17, 15) is 9.59 Å². The number of benzene rings is 1. The Kier molecular flexibility index (Phi) is 3.76. The van der Waals surface area contributed by atoms with Gasteiger partial charge in [-0.15, -0.1) is 0 Å². The van der Waals surface area contributed by atoms with Gasteiger partial charge in [-0.25, -0.2) is 4.79 Å². The third-order valence-electron chi connectivity index (χ3n) is 2.15. The molecule has 0 bridgehead atoms. The largest absolute Gasteiger partial charge is 0.472 e. The molecule has 0 radical (unpaired) electrons. The van der Waals surface area contributed by atoms with Gasteiger partial charge in [0.05, 0.1) is 11.8 Å². The lowest BCUT2D eigenvalue weighted by atomic mass is 10.3. The Bertz CT molecular complexity index is 519. The Morgan fingerprint density at radius 1 is 1.17 bits per heavy atom. The highest BCUT2D eigenvalue weighted by Gasteiger charge is 2.10. The summed E-state index contributed by atoms with van der Waals surface area (Å²) in [7, 11) is 0. The summed E-state index contributed by atoms with van der Waals surface area (Å²) in [6, 6.07) is 10.4. The van der Waals surface area contributed by atoms with E-state index in [1.54, 1.807) is 24.3 Å². The zero-order chi connectivity index (χ0) is 12.8. The van der Waals surface area contributed by atoms with Crippen LogP contribution in [0, 0.1) is 0 Å². The van der Waals surface area contributed by atoms with Crippen molar-refractivity contribution in [2.24, 2.45) is 0 Å². The monoisotopic (exact) mass is 245 g/mol. The second-order valence-corrected chi connectivity index (χ2v) is 3.50. The minimum absolute atomic E-state index is 0.280. The Hall–Kier alpha value is -2.56. The molecule has 0 atom stereocenters. The quantitative estimate of drug-likeness (QED) is 0.837. The van der Waals surface area contributed by atoms with Crippen molar-refractivity contribution < 1.29 is 18.7 Å². The summed E-state index contributed by atoms with van der Waals surface area (Å²) in [5, 5.41) is 2.60. The predicted octanol–water partition coefficient (Wildman–Crippen LogP) is 2.08. The van der Waals surface area contributed by atoms with Crippen LogP contribution in [-0.2, 0) is 9.53 Å². The van der Waals surface area contributed by atoms with Gasteiger partial charge in [0.15, 0.2) is 6.61 Å². The normalized spacial score (nSPS) is 9.78. The smallest absolute Gasteiger partial charge is 0.341 e. The van der Waals surface area contributed by atoms with Gasteiger partial charge in [-0.1, -0.05) is 18.2 Å². The highest BCUT2D eigenvalue weighted by Crippen LogP contribution is 2.05. The molecule has 1 amide bonds. The lowest BCUT2D eigenvalue weighted by Gasteiger charge is -2.05. The maximum absolute atomic E-state index is 11.5. The number of rotatable bonds is 4. The molecule has 92 valence electrons. The van der Waals surface area contributed by atoms with Crippen molar-refractivity contribution in [1.29, 1.82) is 0 Å². The second kappa shape index (κ2) is 5.67. The number of furan rings is 1. The van der Waals surface area contributed by atoms with Gasteiger partial charge in [-0.05, 0) is 18.2 Å². The molecule has 5 nitrogen and oxygen atoms in total. The number of anilines is 1. The molecule has 0 fully saturated rings. The highest BCUT2D eigenvalue weighted by atomic mass is 16.5. The summed E-state index contributed by atoms with van der Waals surface area (Å²) in [6.07, 6.45) is 2.62. The molecule has 1 aromatic carbocycles. The van der Waals surface area contributed by atoms with Gasteiger partial charge >= 0.3 is 5.97 Å². The van der Waals surface area contributed by atoms with Gasteiger partial charge in [0.2, 0.25) is 0 Å². The standard InChI is InChI=1S/C13H11NO4/c15-12(14-11-4-2-1-3-5-11)9-18-13(16)10-6-7-17-8-10/h1-8H,9H2,(H,14,15). The predicted molar refractivity (Wildman–Crippen MR) is 64.1 cm³/mol. The maximum Gasteiger partial charge on any atom is 0.341 e. The van der Waals surface area contributed by atoms with Crippen LogP contribution >= 0.6 is 0 Å². The average Bonchev–Trinajstić information content (AvgIpc) is 2.91. The van der Waals surface area contributed by atoms with Crippen molar-refractivity contribution in [3.05, 3.63) is 54.5 Å². The molecular weight excluding hydrogens is 234 g/mol. The van der Waals surface area contributed by atoms with E-state index >= 15 is 0 Å². The van der Waals surface area contributed by atoms with Crippen LogP contribution in [0.15, 0.2) is 53.3 Å². The number of amides is 1. The zero-order valence-electron chi connectivity index (χ0n) is 9.46. The molecular formula is C13H11NO4. The molecule has 2 aromatic rings. The number of para-hydroxylation sites is 1. The van der Waals surface area contributed by atoms with Gasteiger partial charge in [0.1, 0.15) is 6.26 Å². The van der Waals surface area contributed by atoms with Crippen molar-refractivity contribution >= 4 is 17.6 Å². The van der Waals surface area contributed by atoms with E-state index < -0.39 is 11.9 Å². The van der Waals surface area contributed by atoms with E-state index in [0.29, 0.717) is 5.69 Å². The summed E-state index contributed by atoms with van der Waals surface area (Å²) in [6.45, 7) is -0.334. The first-order valence-corrected chi connectivity index (χ1v) is 5.30. The number of hydrogen-bond acceptors (Lipinski definition) is 4. The summed E-state index contributed by atoms with van der Waals surface area (Å²) >= 11 is 0.